The third-order valence-corrected chi connectivity index (χ3v) is 4.69. The molecule has 3 heterocycles. The van der Waals surface area contributed by atoms with Crippen molar-refractivity contribution in [1.82, 2.24) is 15.0 Å². The van der Waals surface area contributed by atoms with Crippen LogP contribution in [0.1, 0.15) is 18.4 Å². The first-order valence-electron chi connectivity index (χ1n) is 9.21. The van der Waals surface area contributed by atoms with Crippen LogP contribution in [0.25, 0.3) is 11.3 Å². The average molecular weight is 408 g/mol. The molecule has 0 unspecified atom stereocenters. The molecule has 0 amide bonds. The molecule has 1 N–H and O–H groups in total. The number of para-hydroxylation sites is 1. The number of ether oxygens (including phenoxy) is 2. The van der Waals surface area contributed by atoms with Crippen molar-refractivity contribution < 1.29 is 9.47 Å². The second-order valence-corrected chi connectivity index (χ2v) is 6.94. The molecule has 1 aromatic carbocycles. The number of nitrogens with one attached hydrogen (secondary N) is 1. The van der Waals surface area contributed by atoms with Gasteiger partial charge in [-0.05, 0) is 24.3 Å². The predicted molar refractivity (Wildman–Crippen MR) is 109 cm³/mol. The van der Waals surface area contributed by atoms with Crippen LogP contribution in [-0.4, -0.2) is 34.3 Å². The first-order valence-corrected chi connectivity index (χ1v) is 9.59. The summed E-state index contributed by atoms with van der Waals surface area (Å²) in [6.07, 6.45) is 6.43. The number of nitriles is 1. The van der Waals surface area contributed by atoms with Gasteiger partial charge in [-0.25, -0.2) is 9.97 Å². The van der Waals surface area contributed by atoms with Crippen molar-refractivity contribution in [2.75, 3.05) is 18.5 Å². The van der Waals surface area contributed by atoms with Crippen LogP contribution in [0, 0.1) is 11.3 Å². The lowest BCUT2D eigenvalue weighted by Crippen LogP contribution is -2.26. The molecule has 0 aliphatic carbocycles. The Kier molecular flexibility index (Phi) is 5.84. The standard InChI is InChI=1S/C21H18ClN5O2/c22-15-10-16(13-24-12-15)26-21-25-7-4-19(27-21)18-3-1-2-14(11-23)20(18)29-17-5-8-28-9-6-17/h1-4,7,10,12-13,17H,5-6,8-9H2,(H,25,26,27). The maximum absolute atomic E-state index is 9.58. The molecule has 0 radical (unpaired) electrons. The van der Waals surface area contributed by atoms with Crippen LogP contribution in [0.5, 0.6) is 5.75 Å². The van der Waals surface area contributed by atoms with Gasteiger partial charge in [0.05, 0.1) is 41.4 Å². The molecule has 0 atom stereocenters. The number of hydrogen-bond donors (Lipinski definition) is 1. The normalized spacial score (nSPS) is 14.2. The minimum Gasteiger partial charge on any atom is -0.488 e. The van der Waals surface area contributed by atoms with Gasteiger partial charge >= 0.3 is 0 Å². The minimum atomic E-state index is 0.00830. The molecule has 0 spiro atoms. The van der Waals surface area contributed by atoms with Gasteiger partial charge in [0, 0.05) is 30.8 Å². The number of benzene rings is 1. The molecule has 4 rings (SSSR count). The highest BCUT2D eigenvalue weighted by molar-refractivity contribution is 6.30. The average Bonchev–Trinajstić information content (AvgIpc) is 2.75. The van der Waals surface area contributed by atoms with Crippen LogP contribution in [-0.2, 0) is 4.74 Å². The fourth-order valence-corrected chi connectivity index (χ4v) is 3.27. The van der Waals surface area contributed by atoms with E-state index in [1.165, 1.54) is 0 Å². The lowest BCUT2D eigenvalue weighted by molar-refractivity contribution is 0.0257. The molecule has 29 heavy (non-hydrogen) atoms. The van der Waals surface area contributed by atoms with Crippen LogP contribution in [0.15, 0.2) is 48.9 Å². The summed E-state index contributed by atoms with van der Waals surface area (Å²) in [6.45, 7) is 1.31. The summed E-state index contributed by atoms with van der Waals surface area (Å²) in [6, 6.07) is 11.2. The Hall–Kier alpha value is -3.21. The van der Waals surface area contributed by atoms with Gasteiger partial charge in [0.2, 0.25) is 5.95 Å². The van der Waals surface area contributed by atoms with E-state index >= 15 is 0 Å². The quantitative estimate of drug-likeness (QED) is 0.671. The van der Waals surface area contributed by atoms with E-state index in [4.69, 9.17) is 21.1 Å². The second kappa shape index (κ2) is 8.86. The van der Waals surface area contributed by atoms with Crippen molar-refractivity contribution in [3.8, 4) is 23.1 Å². The van der Waals surface area contributed by atoms with Gasteiger partial charge in [-0.2, -0.15) is 5.26 Å². The van der Waals surface area contributed by atoms with Crippen LogP contribution in [0.3, 0.4) is 0 Å². The summed E-state index contributed by atoms with van der Waals surface area (Å²) in [5.41, 5.74) is 2.54. The fraction of sp³-hybridized carbons (Fsp3) is 0.238. The van der Waals surface area contributed by atoms with E-state index in [0.717, 1.165) is 18.4 Å². The molecule has 146 valence electrons. The monoisotopic (exact) mass is 407 g/mol. The zero-order chi connectivity index (χ0) is 20.1. The Morgan fingerprint density at radius 1 is 1.21 bits per heavy atom. The molecule has 7 nitrogen and oxygen atoms in total. The van der Waals surface area contributed by atoms with E-state index < -0.39 is 0 Å². The lowest BCUT2D eigenvalue weighted by Gasteiger charge is -2.25. The molecule has 3 aromatic rings. The molecule has 1 fully saturated rings. The van der Waals surface area contributed by atoms with Gasteiger partial charge in [0.25, 0.3) is 0 Å². The van der Waals surface area contributed by atoms with E-state index in [9.17, 15) is 5.26 Å². The predicted octanol–water partition coefficient (Wildman–Crippen LogP) is 4.37. The van der Waals surface area contributed by atoms with Crippen LogP contribution < -0.4 is 10.1 Å². The smallest absolute Gasteiger partial charge is 0.227 e. The number of anilines is 2. The van der Waals surface area contributed by atoms with Crippen LogP contribution in [0.2, 0.25) is 5.02 Å². The first-order chi connectivity index (χ1) is 14.2. The number of hydrogen-bond acceptors (Lipinski definition) is 7. The molecule has 1 aliphatic heterocycles. The topological polar surface area (TPSA) is 93.0 Å². The first kappa shape index (κ1) is 19.1. The number of nitrogens with zero attached hydrogens (tertiary/aromatic N) is 4. The molecular formula is C21H18ClN5O2. The van der Waals surface area contributed by atoms with Gasteiger partial charge in [0.1, 0.15) is 17.9 Å². The third-order valence-electron chi connectivity index (χ3n) is 4.48. The van der Waals surface area contributed by atoms with Crippen molar-refractivity contribution in [3.05, 3.63) is 59.5 Å². The van der Waals surface area contributed by atoms with E-state index in [2.05, 4.69) is 26.3 Å². The van der Waals surface area contributed by atoms with Crippen molar-refractivity contribution in [1.29, 1.82) is 5.26 Å². The van der Waals surface area contributed by atoms with E-state index in [1.807, 2.05) is 12.1 Å². The highest BCUT2D eigenvalue weighted by Crippen LogP contribution is 2.34. The maximum atomic E-state index is 9.58. The third kappa shape index (κ3) is 4.62. The minimum absolute atomic E-state index is 0.00830. The summed E-state index contributed by atoms with van der Waals surface area (Å²) in [4.78, 5) is 12.9. The van der Waals surface area contributed by atoms with Crippen molar-refractivity contribution >= 4 is 23.2 Å². The summed E-state index contributed by atoms with van der Waals surface area (Å²) in [5, 5.41) is 13.2. The Bertz CT molecular complexity index is 1050. The van der Waals surface area contributed by atoms with Gasteiger partial charge < -0.3 is 14.8 Å². The molecular weight excluding hydrogens is 390 g/mol. The Balaban J connectivity index is 1.66. The van der Waals surface area contributed by atoms with Crippen LogP contribution >= 0.6 is 11.6 Å². The van der Waals surface area contributed by atoms with E-state index in [-0.39, 0.29) is 6.10 Å². The Morgan fingerprint density at radius 3 is 2.86 bits per heavy atom. The number of rotatable bonds is 5. The zero-order valence-corrected chi connectivity index (χ0v) is 16.3. The fourth-order valence-electron chi connectivity index (χ4n) is 3.09. The molecule has 0 saturated carbocycles. The van der Waals surface area contributed by atoms with Gasteiger partial charge in [0.15, 0.2) is 0 Å². The largest absolute Gasteiger partial charge is 0.488 e. The van der Waals surface area contributed by atoms with Gasteiger partial charge in [-0.15, -0.1) is 0 Å². The summed E-state index contributed by atoms with van der Waals surface area (Å²) in [7, 11) is 0. The maximum Gasteiger partial charge on any atom is 0.227 e. The van der Waals surface area contributed by atoms with Gasteiger partial charge in [-0.1, -0.05) is 17.7 Å². The highest BCUT2D eigenvalue weighted by atomic mass is 35.5. The highest BCUT2D eigenvalue weighted by Gasteiger charge is 2.20. The Labute approximate surface area is 173 Å². The summed E-state index contributed by atoms with van der Waals surface area (Å²) in [5.74, 6) is 0.932. The van der Waals surface area contributed by atoms with E-state index in [1.54, 1.807) is 36.8 Å². The summed E-state index contributed by atoms with van der Waals surface area (Å²) < 4.78 is 11.6. The van der Waals surface area contributed by atoms with Gasteiger partial charge in [-0.3, -0.25) is 4.98 Å². The van der Waals surface area contributed by atoms with E-state index in [0.29, 0.717) is 46.9 Å². The summed E-state index contributed by atoms with van der Waals surface area (Å²) >= 11 is 5.99. The zero-order valence-electron chi connectivity index (χ0n) is 15.5. The number of halogens is 1. The number of pyridine rings is 1. The van der Waals surface area contributed by atoms with Crippen molar-refractivity contribution in [2.24, 2.45) is 0 Å². The molecule has 1 aliphatic rings. The van der Waals surface area contributed by atoms with Crippen molar-refractivity contribution in [3.63, 3.8) is 0 Å². The van der Waals surface area contributed by atoms with Crippen molar-refractivity contribution in [2.45, 2.75) is 18.9 Å². The SMILES string of the molecule is N#Cc1cccc(-c2ccnc(Nc3cncc(Cl)c3)n2)c1OC1CCOCC1. The second-order valence-electron chi connectivity index (χ2n) is 6.51. The lowest BCUT2D eigenvalue weighted by atomic mass is 10.1. The number of aromatic nitrogens is 3. The van der Waals surface area contributed by atoms with Crippen LogP contribution in [0.4, 0.5) is 11.6 Å². The molecule has 0 bridgehead atoms. The molecule has 8 heteroatoms. The molecule has 1 saturated heterocycles. The Morgan fingerprint density at radius 2 is 2.07 bits per heavy atom. The molecule has 2 aromatic heterocycles.